The van der Waals surface area contributed by atoms with Crippen molar-refractivity contribution in [2.45, 2.75) is 62.0 Å². The summed E-state index contributed by atoms with van der Waals surface area (Å²) in [6, 6.07) is 4.87. The molecule has 2 aromatic heterocycles. The summed E-state index contributed by atoms with van der Waals surface area (Å²) in [5.41, 5.74) is 0.369. The lowest BCUT2D eigenvalue weighted by molar-refractivity contribution is 0.0516. The molecule has 3 aromatic rings. The third-order valence-corrected chi connectivity index (χ3v) is 9.20. The van der Waals surface area contributed by atoms with Gasteiger partial charge in [-0.2, -0.15) is 0 Å². The van der Waals surface area contributed by atoms with Gasteiger partial charge in [-0.25, -0.2) is 27.4 Å². The largest absolute Gasteiger partial charge is 0.495 e. The van der Waals surface area contributed by atoms with Crippen molar-refractivity contribution in [3.05, 3.63) is 28.9 Å². The summed E-state index contributed by atoms with van der Waals surface area (Å²) in [6.07, 6.45) is 2.79. The van der Waals surface area contributed by atoms with Gasteiger partial charge in [-0.05, 0) is 64.2 Å². The van der Waals surface area contributed by atoms with Crippen LogP contribution in [0.4, 0.5) is 0 Å². The van der Waals surface area contributed by atoms with Crippen LogP contribution >= 0.6 is 11.3 Å². The maximum absolute atomic E-state index is 13.5. The zero-order valence-electron chi connectivity index (χ0n) is 19.1. The average molecular weight is 507 g/mol. The third-order valence-electron chi connectivity index (χ3n) is 6.71. The Balaban J connectivity index is 1.56. The number of hydrogen-bond donors (Lipinski definition) is 2. The van der Waals surface area contributed by atoms with E-state index in [1.54, 1.807) is 26.0 Å². The molecule has 1 aromatic carbocycles. The van der Waals surface area contributed by atoms with E-state index in [1.165, 1.54) is 17.7 Å². The zero-order chi connectivity index (χ0) is 24.3. The highest BCUT2D eigenvalue weighted by Crippen LogP contribution is 2.51. The molecule has 2 heterocycles. The van der Waals surface area contributed by atoms with Crippen molar-refractivity contribution < 1.29 is 27.8 Å². The number of aryl methyl sites for hydroxylation is 1. The van der Waals surface area contributed by atoms with E-state index in [1.807, 2.05) is 0 Å². The zero-order valence-corrected chi connectivity index (χ0v) is 20.8. The predicted octanol–water partition coefficient (Wildman–Crippen LogP) is 2.68. The predicted molar refractivity (Wildman–Crippen MR) is 125 cm³/mol. The first-order chi connectivity index (χ1) is 16.1. The number of aliphatic hydroxyl groups is 1. The van der Waals surface area contributed by atoms with Gasteiger partial charge in [0, 0.05) is 11.1 Å². The summed E-state index contributed by atoms with van der Waals surface area (Å²) in [5.74, 6) is -0.320. The number of rotatable bonds is 7. The van der Waals surface area contributed by atoms with Gasteiger partial charge in [0.1, 0.15) is 10.6 Å². The number of hydrogen-bond acceptors (Lipinski definition) is 9. The number of nitrogens with one attached hydrogen (secondary N) is 1. The molecule has 34 heavy (non-hydrogen) atoms. The minimum atomic E-state index is -3.96. The van der Waals surface area contributed by atoms with Crippen LogP contribution in [0.3, 0.4) is 0 Å². The van der Waals surface area contributed by atoms with Crippen LogP contribution in [-0.2, 0) is 14.8 Å². The van der Waals surface area contributed by atoms with Gasteiger partial charge in [0.25, 0.3) is 0 Å². The quantitative estimate of drug-likeness (QED) is 0.468. The molecular formula is C22H26N4O6S2. The van der Waals surface area contributed by atoms with Crippen LogP contribution in [0.5, 0.6) is 5.75 Å². The molecule has 5 rings (SSSR count). The van der Waals surface area contributed by atoms with Crippen molar-refractivity contribution in [3.63, 3.8) is 0 Å². The van der Waals surface area contributed by atoms with E-state index in [2.05, 4.69) is 14.8 Å². The second-order valence-electron chi connectivity index (χ2n) is 9.02. The molecule has 2 saturated carbocycles. The first-order valence-electron chi connectivity index (χ1n) is 11.1. The van der Waals surface area contributed by atoms with Gasteiger partial charge >= 0.3 is 5.97 Å². The van der Waals surface area contributed by atoms with Crippen LogP contribution in [0.2, 0.25) is 0 Å². The number of carbonyl (C=O) groups is 1. The van der Waals surface area contributed by atoms with E-state index in [9.17, 15) is 18.3 Å². The number of sulfonamides is 1. The molecule has 12 heteroatoms. The topological polar surface area (TPSA) is 132 Å². The lowest BCUT2D eigenvalue weighted by Gasteiger charge is -2.27. The van der Waals surface area contributed by atoms with Gasteiger partial charge in [0.05, 0.1) is 30.7 Å². The van der Waals surface area contributed by atoms with Gasteiger partial charge in [0.15, 0.2) is 0 Å². The van der Waals surface area contributed by atoms with Crippen molar-refractivity contribution in [2.24, 2.45) is 0 Å². The molecule has 0 radical (unpaired) electrons. The van der Waals surface area contributed by atoms with E-state index in [4.69, 9.17) is 9.47 Å². The molecule has 0 saturated heterocycles. The number of methoxy groups -OCH3 is 1. The lowest BCUT2D eigenvalue weighted by Crippen LogP contribution is -2.44. The number of carbonyl (C=O) groups excluding carboxylic acids is 1. The van der Waals surface area contributed by atoms with Crippen LogP contribution in [-0.4, -0.2) is 58.9 Å². The number of benzene rings is 1. The molecule has 0 spiro atoms. The third kappa shape index (κ3) is 3.78. The number of aromatic nitrogens is 3. The van der Waals surface area contributed by atoms with Crippen molar-refractivity contribution in [1.82, 2.24) is 19.3 Å². The van der Waals surface area contributed by atoms with E-state index >= 15 is 0 Å². The highest BCUT2D eigenvalue weighted by molar-refractivity contribution is 7.89. The Morgan fingerprint density at radius 1 is 1.29 bits per heavy atom. The summed E-state index contributed by atoms with van der Waals surface area (Å²) in [6.45, 7) is 3.75. The maximum atomic E-state index is 13.5. The van der Waals surface area contributed by atoms with Gasteiger partial charge in [-0.1, -0.05) is 11.3 Å². The molecular weight excluding hydrogens is 480 g/mol. The van der Waals surface area contributed by atoms with Crippen LogP contribution in [0.15, 0.2) is 23.1 Å². The highest BCUT2D eigenvalue weighted by Gasteiger charge is 2.55. The monoisotopic (exact) mass is 506 g/mol. The Bertz CT molecular complexity index is 1390. The number of nitrogens with zero attached hydrogens (tertiary/aromatic N) is 3. The molecule has 2 bridgehead atoms. The number of ether oxygens (including phenoxy) is 2. The molecule has 2 aliphatic rings. The highest BCUT2D eigenvalue weighted by atomic mass is 32.2. The molecule has 10 nitrogen and oxygen atoms in total. The van der Waals surface area contributed by atoms with Crippen molar-refractivity contribution >= 4 is 32.3 Å². The standard InChI is InChI=1S/C22H26N4O6S2/c1-4-32-19(27)18-24-26-17(13(2)23-20(26)33-18)14-5-6-15(31-3)16(11-14)34(29,30)25-21-7-9-22(28,12-21)10-8-21/h5-6,11,25,28H,4,7-10,12H2,1-3H3. The molecule has 0 unspecified atom stereocenters. The number of esters is 1. The number of fused-ring (bicyclic) bond motifs is 3. The van der Waals surface area contributed by atoms with E-state index < -0.39 is 27.1 Å². The van der Waals surface area contributed by atoms with Gasteiger partial charge in [-0.15, -0.1) is 5.10 Å². The van der Waals surface area contributed by atoms with Gasteiger partial charge < -0.3 is 14.6 Å². The Kier molecular flexibility index (Phi) is 5.47. The summed E-state index contributed by atoms with van der Waals surface area (Å²) in [7, 11) is -2.54. The Morgan fingerprint density at radius 2 is 2.03 bits per heavy atom. The molecule has 0 aliphatic heterocycles. The second-order valence-corrected chi connectivity index (χ2v) is 11.6. The minimum absolute atomic E-state index is 0.000546. The molecule has 0 atom stereocenters. The van der Waals surface area contributed by atoms with Crippen molar-refractivity contribution in [2.75, 3.05) is 13.7 Å². The molecule has 0 amide bonds. The Morgan fingerprint density at radius 3 is 2.65 bits per heavy atom. The van der Waals surface area contributed by atoms with Gasteiger partial charge in [0.2, 0.25) is 20.0 Å². The van der Waals surface area contributed by atoms with E-state index in [0.717, 1.165) is 11.3 Å². The SMILES string of the molecule is CCOC(=O)c1nn2c(-c3ccc(OC)c(S(=O)(=O)NC45CCC(O)(CC4)C5)c3)c(C)nc2s1. The molecule has 2 fully saturated rings. The van der Waals surface area contributed by atoms with Crippen LogP contribution in [0.1, 0.15) is 54.5 Å². The summed E-state index contributed by atoms with van der Waals surface area (Å²) < 4.78 is 41.9. The summed E-state index contributed by atoms with van der Waals surface area (Å²) >= 11 is 1.11. The van der Waals surface area contributed by atoms with Crippen molar-refractivity contribution in [1.29, 1.82) is 0 Å². The molecule has 2 N–H and O–H groups in total. The normalized spacial score (nSPS) is 24.1. The fourth-order valence-corrected chi connectivity index (χ4v) is 7.64. The Hall–Kier alpha value is -2.54. The van der Waals surface area contributed by atoms with Crippen molar-refractivity contribution in [3.8, 4) is 17.0 Å². The average Bonchev–Trinajstić information content (AvgIpc) is 3.50. The summed E-state index contributed by atoms with van der Waals surface area (Å²) in [4.78, 5) is 17.1. The number of imidazole rings is 1. The van der Waals surface area contributed by atoms with Crippen LogP contribution in [0.25, 0.3) is 16.2 Å². The van der Waals surface area contributed by atoms with Gasteiger partial charge in [-0.3, -0.25) is 0 Å². The Labute approximate surface area is 201 Å². The molecule has 182 valence electrons. The fourth-order valence-electron chi connectivity index (χ4n) is 5.15. The second kappa shape index (κ2) is 8.01. The van der Waals surface area contributed by atoms with Crippen LogP contribution in [0, 0.1) is 6.92 Å². The smallest absolute Gasteiger partial charge is 0.369 e. The van der Waals surface area contributed by atoms with Crippen LogP contribution < -0.4 is 9.46 Å². The van der Waals surface area contributed by atoms with E-state index in [-0.39, 0.29) is 22.3 Å². The summed E-state index contributed by atoms with van der Waals surface area (Å²) in [5, 5.41) is 15.1. The fraction of sp³-hybridized carbons (Fsp3) is 0.500. The first-order valence-corrected chi connectivity index (χ1v) is 13.4. The maximum Gasteiger partial charge on any atom is 0.369 e. The minimum Gasteiger partial charge on any atom is -0.495 e. The lowest BCUT2D eigenvalue weighted by atomic mass is 9.94. The van der Waals surface area contributed by atoms with E-state index in [0.29, 0.717) is 54.0 Å². The molecule has 2 aliphatic carbocycles. The first kappa shape index (κ1) is 23.2.